The largest absolute Gasteiger partial charge is 0.496 e. The summed E-state index contributed by atoms with van der Waals surface area (Å²) in [6, 6.07) is 15.7. The highest BCUT2D eigenvalue weighted by atomic mass is 16.5. The van der Waals surface area contributed by atoms with Crippen LogP contribution in [0.5, 0.6) is 5.75 Å². The fourth-order valence-electron chi connectivity index (χ4n) is 5.86. The van der Waals surface area contributed by atoms with Gasteiger partial charge in [0.05, 0.1) is 30.8 Å². The van der Waals surface area contributed by atoms with Crippen LogP contribution in [0.15, 0.2) is 59.1 Å². The number of rotatable bonds is 7. The molecular formula is C31H36N4O5. The third-order valence-corrected chi connectivity index (χ3v) is 8.32. The number of benzene rings is 2. The molecule has 2 amide bonds. The van der Waals surface area contributed by atoms with Crippen molar-refractivity contribution in [2.75, 3.05) is 51.3 Å². The van der Waals surface area contributed by atoms with Crippen molar-refractivity contribution in [1.82, 2.24) is 14.8 Å². The average molecular weight is 545 g/mol. The van der Waals surface area contributed by atoms with Crippen LogP contribution in [0.3, 0.4) is 0 Å². The van der Waals surface area contributed by atoms with Crippen LogP contribution in [-0.4, -0.2) is 78.8 Å². The number of anilines is 1. The highest BCUT2D eigenvalue weighted by Gasteiger charge is 2.41. The van der Waals surface area contributed by atoms with Crippen LogP contribution in [0.25, 0.3) is 11.3 Å². The Hall–Kier alpha value is -4.14. The molecule has 2 aliphatic heterocycles. The van der Waals surface area contributed by atoms with Gasteiger partial charge in [-0.3, -0.25) is 14.4 Å². The summed E-state index contributed by atoms with van der Waals surface area (Å²) in [5.74, 6) is 1.92. The molecule has 2 aliphatic rings. The third kappa shape index (κ3) is 5.46. The molecule has 2 aromatic carbocycles. The smallest absolute Gasteiger partial charge is 0.242 e. The molecule has 0 spiro atoms. The van der Waals surface area contributed by atoms with Crippen LogP contribution in [0, 0.1) is 6.92 Å². The minimum absolute atomic E-state index is 0.0315. The van der Waals surface area contributed by atoms with Gasteiger partial charge in [-0.05, 0) is 37.5 Å². The minimum atomic E-state index is -0.556. The number of ether oxygens (including phenoxy) is 1. The summed E-state index contributed by atoms with van der Waals surface area (Å²) in [6.45, 7) is 6.09. The predicted molar refractivity (Wildman–Crippen MR) is 151 cm³/mol. The van der Waals surface area contributed by atoms with E-state index < -0.39 is 5.41 Å². The van der Waals surface area contributed by atoms with Crippen molar-refractivity contribution in [2.45, 2.75) is 38.5 Å². The zero-order valence-corrected chi connectivity index (χ0v) is 23.4. The van der Waals surface area contributed by atoms with E-state index in [1.54, 1.807) is 37.0 Å². The Morgan fingerprint density at radius 1 is 1.02 bits per heavy atom. The first-order valence-electron chi connectivity index (χ1n) is 13.8. The van der Waals surface area contributed by atoms with Crippen molar-refractivity contribution in [1.29, 1.82) is 0 Å². The molecule has 9 nitrogen and oxygen atoms in total. The Balaban J connectivity index is 1.21. The van der Waals surface area contributed by atoms with Gasteiger partial charge in [0.2, 0.25) is 11.8 Å². The number of piperidine rings is 1. The second-order valence-corrected chi connectivity index (χ2v) is 10.6. The van der Waals surface area contributed by atoms with Gasteiger partial charge in [-0.1, -0.05) is 30.3 Å². The maximum absolute atomic E-state index is 13.3. The van der Waals surface area contributed by atoms with Crippen LogP contribution in [0.2, 0.25) is 0 Å². The van der Waals surface area contributed by atoms with E-state index in [4.69, 9.17) is 9.15 Å². The normalized spacial score (nSPS) is 17.5. The zero-order chi connectivity index (χ0) is 28.3. The Morgan fingerprint density at radius 3 is 2.42 bits per heavy atom. The van der Waals surface area contributed by atoms with Crippen molar-refractivity contribution < 1.29 is 23.5 Å². The molecule has 5 rings (SSSR count). The molecule has 0 radical (unpaired) electrons. The summed E-state index contributed by atoms with van der Waals surface area (Å²) in [5, 5.41) is 0. The molecule has 40 heavy (non-hydrogen) atoms. The SMILES string of the molecule is COc1cc(N2CCC(=O)N(CC(=O)N3CCC(C(C)=O)(c4ccccc4)CC3)CC2)ccc1-c1cnc(C)o1. The number of carbonyl (C=O) groups is 3. The molecule has 2 saturated heterocycles. The van der Waals surface area contributed by atoms with Crippen LogP contribution in [0.4, 0.5) is 5.69 Å². The lowest BCUT2D eigenvalue weighted by Crippen LogP contribution is -2.51. The summed E-state index contributed by atoms with van der Waals surface area (Å²) >= 11 is 0. The maximum atomic E-state index is 13.3. The number of Topliss-reactive ketones (excluding diaryl/α,β-unsaturated/α-hetero) is 1. The van der Waals surface area contributed by atoms with Gasteiger partial charge in [-0.2, -0.15) is 0 Å². The molecule has 0 unspecified atom stereocenters. The van der Waals surface area contributed by atoms with E-state index in [0.717, 1.165) is 16.8 Å². The van der Waals surface area contributed by atoms with Crippen molar-refractivity contribution in [2.24, 2.45) is 0 Å². The number of hydrogen-bond acceptors (Lipinski definition) is 7. The standard InChI is InChI=1S/C31H36N4O5/c1-22(36)31(24-7-5-4-6-8-24)12-15-34(16-13-31)30(38)21-35-18-17-33(14-11-29(35)37)25-9-10-26(27(19-25)39-3)28-20-32-23(2)40-28/h4-10,19-20H,11-18,21H2,1-3H3. The summed E-state index contributed by atoms with van der Waals surface area (Å²) in [7, 11) is 1.62. The van der Waals surface area contributed by atoms with E-state index >= 15 is 0 Å². The summed E-state index contributed by atoms with van der Waals surface area (Å²) in [4.78, 5) is 48.7. The van der Waals surface area contributed by atoms with Gasteiger partial charge in [-0.25, -0.2) is 4.98 Å². The predicted octanol–water partition coefficient (Wildman–Crippen LogP) is 3.85. The van der Waals surface area contributed by atoms with Crippen LogP contribution in [0.1, 0.15) is 37.6 Å². The number of ketones is 1. The first kappa shape index (κ1) is 27.4. The Bertz CT molecular complexity index is 1380. The monoisotopic (exact) mass is 544 g/mol. The molecule has 210 valence electrons. The number of hydrogen-bond donors (Lipinski definition) is 0. The van der Waals surface area contributed by atoms with Gasteiger partial charge < -0.3 is 23.9 Å². The van der Waals surface area contributed by atoms with E-state index in [2.05, 4.69) is 9.88 Å². The number of aryl methyl sites for hydroxylation is 1. The van der Waals surface area contributed by atoms with Gasteiger partial charge in [0.15, 0.2) is 11.7 Å². The molecule has 9 heteroatoms. The molecule has 0 aliphatic carbocycles. The number of nitrogens with zero attached hydrogens (tertiary/aromatic N) is 4. The molecule has 0 saturated carbocycles. The van der Waals surface area contributed by atoms with Crippen molar-refractivity contribution in [3.8, 4) is 17.1 Å². The second-order valence-electron chi connectivity index (χ2n) is 10.6. The van der Waals surface area contributed by atoms with Crippen molar-refractivity contribution in [3.63, 3.8) is 0 Å². The number of aromatic nitrogens is 1. The number of methoxy groups -OCH3 is 1. The topological polar surface area (TPSA) is 96.2 Å². The quantitative estimate of drug-likeness (QED) is 0.446. The fraction of sp³-hybridized carbons (Fsp3) is 0.419. The molecule has 1 aromatic heterocycles. The second kappa shape index (κ2) is 11.5. The van der Waals surface area contributed by atoms with Crippen molar-refractivity contribution in [3.05, 3.63) is 66.2 Å². The molecular weight excluding hydrogens is 508 g/mol. The number of oxazole rings is 1. The zero-order valence-electron chi connectivity index (χ0n) is 23.4. The Morgan fingerprint density at radius 2 is 1.77 bits per heavy atom. The molecule has 2 fully saturated rings. The molecule has 0 atom stereocenters. The van der Waals surface area contributed by atoms with E-state index in [-0.39, 0.29) is 24.1 Å². The van der Waals surface area contributed by atoms with Gasteiger partial charge in [-0.15, -0.1) is 0 Å². The average Bonchev–Trinajstić information content (AvgIpc) is 3.33. The molecule has 0 N–H and O–H groups in total. The number of amides is 2. The van der Waals surface area contributed by atoms with Gasteiger partial charge in [0.1, 0.15) is 11.5 Å². The highest BCUT2D eigenvalue weighted by molar-refractivity contribution is 5.89. The minimum Gasteiger partial charge on any atom is -0.496 e. The van der Waals surface area contributed by atoms with Crippen LogP contribution >= 0.6 is 0 Å². The van der Waals surface area contributed by atoms with Crippen molar-refractivity contribution >= 4 is 23.3 Å². The lowest BCUT2D eigenvalue weighted by atomic mass is 9.70. The van der Waals surface area contributed by atoms with E-state index in [0.29, 0.717) is 69.4 Å². The van der Waals surface area contributed by atoms with Gasteiger partial charge >= 0.3 is 0 Å². The molecule has 3 aromatic rings. The number of carbonyl (C=O) groups excluding carboxylic acids is 3. The summed E-state index contributed by atoms with van der Waals surface area (Å²) in [5.41, 5.74) is 2.21. The molecule has 0 bridgehead atoms. The lowest BCUT2D eigenvalue weighted by Gasteiger charge is -2.41. The first-order chi connectivity index (χ1) is 19.3. The van der Waals surface area contributed by atoms with Crippen LogP contribution < -0.4 is 9.64 Å². The Kier molecular flexibility index (Phi) is 7.91. The number of likely N-dealkylation sites (tertiary alicyclic amines) is 1. The fourth-order valence-corrected chi connectivity index (χ4v) is 5.86. The maximum Gasteiger partial charge on any atom is 0.242 e. The Labute approximate surface area is 234 Å². The lowest BCUT2D eigenvalue weighted by molar-refractivity contribution is -0.141. The molecule has 3 heterocycles. The third-order valence-electron chi connectivity index (χ3n) is 8.32. The summed E-state index contributed by atoms with van der Waals surface area (Å²) < 4.78 is 11.3. The summed E-state index contributed by atoms with van der Waals surface area (Å²) in [6.07, 6.45) is 3.17. The van der Waals surface area contributed by atoms with Crippen LogP contribution in [-0.2, 0) is 19.8 Å². The van der Waals surface area contributed by atoms with E-state index in [9.17, 15) is 14.4 Å². The van der Waals surface area contributed by atoms with Gasteiger partial charge in [0.25, 0.3) is 0 Å². The first-order valence-corrected chi connectivity index (χ1v) is 13.8. The van der Waals surface area contributed by atoms with E-state index in [1.807, 2.05) is 48.5 Å². The van der Waals surface area contributed by atoms with E-state index in [1.165, 1.54) is 0 Å². The van der Waals surface area contributed by atoms with Gasteiger partial charge in [0, 0.05) is 57.8 Å². The highest BCUT2D eigenvalue weighted by Crippen LogP contribution is 2.37.